The van der Waals surface area contributed by atoms with Gasteiger partial charge in [0.05, 0.1) is 10.6 Å². The van der Waals surface area contributed by atoms with Crippen LogP contribution in [-0.4, -0.2) is 15.9 Å². The molecule has 3 aromatic rings. The van der Waals surface area contributed by atoms with Gasteiger partial charge in [0.1, 0.15) is 17.2 Å². The fraction of sp³-hybridized carbons (Fsp3) is 0.0625. The Morgan fingerprint density at radius 2 is 1.75 bits per heavy atom. The number of halogens is 3. The zero-order valence-electron chi connectivity index (χ0n) is 12.4. The minimum Gasteiger partial charge on any atom is -0.298 e. The van der Waals surface area contributed by atoms with Gasteiger partial charge in [-0.15, -0.1) is 17.0 Å². The van der Waals surface area contributed by atoms with Crippen molar-refractivity contribution in [2.24, 2.45) is 0 Å². The normalized spacial score (nSPS) is 10.1. The van der Waals surface area contributed by atoms with Crippen molar-refractivity contribution in [2.45, 2.75) is 6.92 Å². The van der Waals surface area contributed by atoms with Crippen molar-refractivity contribution in [2.75, 3.05) is 5.32 Å². The molecule has 1 N–H and O–H groups in total. The molecule has 0 fully saturated rings. The van der Waals surface area contributed by atoms with E-state index < -0.39 is 23.1 Å². The number of thiazole rings is 1. The van der Waals surface area contributed by atoms with Gasteiger partial charge in [0.2, 0.25) is 0 Å². The Bertz CT molecular complexity index is 851. The summed E-state index contributed by atoms with van der Waals surface area (Å²) in [6.07, 6.45) is 3.31. The van der Waals surface area contributed by atoms with Crippen LogP contribution in [0.15, 0.2) is 42.7 Å². The van der Waals surface area contributed by atoms with Gasteiger partial charge in [-0.25, -0.2) is 13.8 Å². The first-order valence-electron chi connectivity index (χ1n) is 6.69. The zero-order valence-corrected chi connectivity index (χ0v) is 14.9. The summed E-state index contributed by atoms with van der Waals surface area (Å²) in [4.78, 5) is 21.1. The van der Waals surface area contributed by atoms with Crippen molar-refractivity contribution in [3.05, 3.63) is 65.6 Å². The standard InChI is InChI=1S/C16H11F2N3OS.BrH/c1-9-14(10-5-7-19-8-6-10)23-16(20-9)21-15(22)13-11(17)3-2-4-12(13)18;/h2-8H,1H3,(H,20,21,22);1H. The van der Waals surface area contributed by atoms with Gasteiger partial charge in [-0.05, 0) is 36.8 Å². The molecular weight excluding hydrogens is 400 g/mol. The molecule has 1 aromatic carbocycles. The summed E-state index contributed by atoms with van der Waals surface area (Å²) in [5.41, 5.74) is 1.00. The maximum absolute atomic E-state index is 13.6. The molecule has 0 aliphatic heterocycles. The van der Waals surface area contributed by atoms with E-state index in [4.69, 9.17) is 0 Å². The molecule has 0 radical (unpaired) electrons. The molecule has 124 valence electrons. The van der Waals surface area contributed by atoms with Crippen LogP contribution in [0.1, 0.15) is 16.1 Å². The van der Waals surface area contributed by atoms with E-state index in [1.165, 1.54) is 17.4 Å². The quantitative estimate of drug-likeness (QED) is 0.683. The Balaban J connectivity index is 0.00000208. The van der Waals surface area contributed by atoms with Crippen LogP contribution >= 0.6 is 28.3 Å². The summed E-state index contributed by atoms with van der Waals surface area (Å²) in [5.74, 6) is -2.69. The van der Waals surface area contributed by atoms with Crippen molar-refractivity contribution in [1.29, 1.82) is 0 Å². The molecule has 2 heterocycles. The lowest BCUT2D eigenvalue weighted by atomic mass is 10.2. The molecule has 0 aliphatic carbocycles. The van der Waals surface area contributed by atoms with Crippen LogP contribution in [0.2, 0.25) is 0 Å². The van der Waals surface area contributed by atoms with Gasteiger partial charge < -0.3 is 0 Å². The number of rotatable bonds is 3. The van der Waals surface area contributed by atoms with Gasteiger partial charge in [-0.1, -0.05) is 17.4 Å². The van der Waals surface area contributed by atoms with E-state index in [0.29, 0.717) is 5.69 Å². The topological polar surface area (TPSA) is 54.9 Å². The van der Waals surface area contributed by atoms with Crippen LogP contribution < -0.4 is 5.32 Å². The fourth-order valence-electron chi connectivity index (χ4n) is 2.10. The number of hydrogen-bond acceptors (Lipinski definition) is 4. The number of carbonyl (C=O) groups is 1. The summed E-state index contributed by atoms with van der Waals surface area (Å²) in [6, 6.07) is 6.92. The second-order valence-corrected chi connectivity index (χ2v) is 5.72. The van der Waals surface area contributed by atoms with Crippen LogP contribution in [0.4, 0.5) is 13.9 Å². The summed E-state index contributed by atoms with van der Waals surface area (Å²) < 4.78 is 27.3. The molecule has 0 saturated carbocycles. The summed E-state index contributed by atoms with van der Waals surface area (Å²) in [7, 11) is 0. The second-order valence-electron chi connectivity index (χ2n) is 4.72. The number of nitrogens with one attached hydrogen (secondary N) is 1. The number of pyridine rings is 1. The number of anilines is 1. The first-order valence-corrected chi connectivity index (χ1v) is 7.51. The van der Waals surface area contributed by atoms with Crippen LogP contribution in [0.25, 0.3) is 10.4 Å². The summed E-state index contributed by atoms with van der Waals surface area (Å²) in [6.45, 7) is 1.80. The van der Waals surface area contributed by atoms with E-state index >= 15 is 0 Å². The third-order valence-corrected chi connectivity index (χ3v) is 4.27. The fourth-order valence-corrected chi connectivity index (χ4v) is 3.06. The van der Waals surface area contributed by atoms with Crippen molar-refractivity contribution >= 4 is 39.4 Å². The third-order valence-electron chi connectivity index (χ3n) is 3.15. The molecule has 3 rings (SSSR count). The van der Waals surface area contributed by atoms with Gasteiger partial charge in [0.25, 0.3) is 5.91 Å². The van der Waals surface area contributed by atoms with Crippen molar-refractivity contribution in [3.8, 4) is 10.4 Å². The molecule has 2 aromatic heterocycles. The molecule has 4 nitrogen and oxygen atoms in total. The largest absolute Gasteiger partial charge is 0.298 e. The van der Waals surface area contributed by atoms with Gasteiger partial charge in [0, 0.05) is 12.4 Å². The van der Waals surface area contributed by atoms with Crippen molar-refractivity contribution in [3.63, 3.8) is 0 Å². The van der Waals surface area contributed by atoms with Crippen LogP contribution in [0.3, 0.4) is 0 Å². The number of carbonyl (C=O) groups excluding carboxylic acids is 1. The Kier molecular flexibility index (Phi) is 5.74. The van der Waals surface area contributed by atoms with Crippen LogP contribution in [0, 0.1) is 18.6 Å². The SMILES string of the molecule is Br.Cc1nc(NC(=O)c2c(F)cccc2F)sc1-c1ccncc1. The predicted octanol–water partition coefficient (Wildman–Crippen LogP) is 4.62. The maximum Gasteiger partial charge on any atom is 0.263 e. The van der Waals surface area contributed by atoms with Gasteiger partial charge in [-0.3, -0.25) is 15.1 Å². The molecule has 8 heteroatoms. The lowest BCUT2D eigenvalue weighted by Crippen LogP contribution is -2.15. The molecule has 0 unspecified atom stereocenters. The highest BCUT2D eigenvalue weighted by Crippen LogP contribution is 2.32. The number of aromatic nitrogens is 2. The van der Waals surface area contributed by atoms with Crippen molar-refractivity contribution < 1.29 is 13.6 Å². The Labute approximate surface area is 151 Å². The van der Waals surface area contributed by atoms with E-state index in [1.54, 1.807) is 19.3 Å². The Morgan fingerprint density at radius 3 is 2.38 bits per heavy atom. The molecule has 0 atom stereocenters. The number of hydrogen-bond donors (Lipinski definition) is 1. The van der Waals surface area contributed by atoms with Crippen LogP contribution in [0.5, 0.6) is 0 Å². The molecule has 0 saturated heterocycles. The van der Waals surface area contributed by atoms with Crippen LogP contribution in [-0.2, 0) is 0 Å². The monoisotopic (exact) mass is 411 g/mol. The van der Waals surface area contributed by atoms with E-state index in [2.05, 4.69) is 15.3 Å². The molecule has 24 heavy (non-hydrogen) atoms. The van der Waals surface area contributed by atoms with E-state index in [0.717, 1.165) is 22.6 Å². The molecule has 0 bridgehead atoms. The smallest absolute Gasteiger partial charge is 0.263 e. The predicted molar refractivity (Wildman–Crippen MR) is 94.7 cm³/mol. The highest BCUT2D eigenvalue weighted by molar-refractivity contribution is 8.93. The minimum absolute atomic E-state index is 0. The Morgan fingerprint density at radius 1 is 1.12 bits per heavy atom. The second kappa shape index (κ2) is 7.59. The van der Waals surface area contributed by atoms with Crippen molar-refractivity contribution in [1.82, 2.24) is 9.97 Å². The van der Waals surface area contributed by atoms with Gasteiger partial charge in [-0.2, -0.15) is 0 Å². The lowest BCUT2D eigenvalue weighted by molar-refractivity contribution is 0.101. The first kappa shape index (κ1) is 18.2. The van der Waals surface area contributed by atoms with E-state index in [1.807, 2.05) is 12.1 Å². The third kappa shape index (κ3) is 3.65. The summed E-state index contributed by atoms with van der Waals surface area (Å²) in [5, 5.41) is 2.72. The first-order chi connectivity index (χ1) is 11.1. The maximum atomic E-state index is 13.6. The molecular formula is C16H12BrF2N3OS. The molecule has 0 aliphatic rings. The van der Waals surface area contributed by atoms with Gasteiger partial charge in [0.15, 0.2) is 5.13 Å². The average Bonchev–Trinajstić information content (AvgIpc) is 2.88. The highest BCUT2D eigenvalue weighted by atomic mass is 79.9. The number of amides is 1. The molecule has 1 amide bonds. The summed E-state index contributed by atoms with van der Waals surface area (Å²) >= 11 is 1.23. The number of aryl methyl sites for hydroxylation is 1. The number of nitrogens with zero attached hydrogens (tertiary/aromatic N) is 2. The lowest BCUT2D eigenvalue weighted by Gasteiger charge is -2.04. The highest BCUT2D eigenvalue weighted by Gasteiger charge is 2.19. The van der Waals surface area contributed by atoms with Gasteiger partial charge >= 0.3 is 0 Å². The molecule has 0 spiro atoms. The van der Waals surface area contributed by atoms with E-state index in [-0.39, 0.29) is 22.1 Å². The zero-order chi connectivity index (χ0) is 16.4. The Hall–Kier alpha value is -2.19. The average molecular weight is 412 g/mol. The number of benzene rings is 1. The minimum atomic E-state index is -0.912. The van der Waals surface area contributed by atoms with E-state index in [9.17, 15) is 13.6 Å².